The third-order valence-electron chi connectivity index (χ3n) is 1.88. The van der Waals surface area contributed by atoms with Crippen LogP contribution >= 0.6 is 0 Å². The average Bonchev–Trinajstić information content (AvgIpc) is 2.07. The molecule has 0 heterocycles. The minimum atomic E-state index is 0.159. The standard InChI is InChI=1S/C11H15NO2/c1-9(13)7-12(2)8-10-3-5-11(14)6-4-10/h3-6,14H,7-8H2,1-2H3. The van der Waals surface area contributed by atoms with Gasteiger partial charge >= 0.3 is 0 Å². The summed E-state index contributed by atoms with van der Waals surface area (Å²) in [4.78, 5) is 12.8. The summed E-state index contributed by atoms with van der Waals surface area (Å²) in [5.41, 5.74) is 1.09. The van der Waals surface area contributed by atoms with Crippen LogP contribution in [0.5, 0.6) is 5.75 Å². The van der Waals surface area contributed by atoms with E-state index in [1.54, 1.807) is 19.1 Å². The molecule has 3 nitrogen and oxygen atoms in total. The molecule has 0 atom stereocenters. The van der Waals surface area contributed by atoms with Crippen LogP contribution in [0.4, 0.5) is 0 Å². The Labute approximate surface area is 84.0 Å². The fourth-order valence-corrected chi connectivity index (χ4v) is 1.35. The molecule has 0 spiro atoms. The third kappa shape index (κ3) is 3.58. The number of hydrogen-bond acceptors (Lipinski definition) is 3. The van der Waals surface area contributed by atoms with Crippen molar-refractivity contribution in [1.82, 2.24) is 4.90 Å². The van der Waals surface area contributed by atoms with Gasteiger partial charge in [-0.05, 0) is 31.7 Å². The van der Waals surface area contributed by atoms with E-state index in [9.17, 15) is 4.79 Å². The lowest BCUT2D eigenvalue weighted by Gasteiger charge is -2.14. The molecule has 0 bridgehead atoms. The highest BCUT2D eigenvalue weighted by Gasteiger charge is 2.02. The van der Waals surface area contributed by atoms with Gasteiger partial charge in [-0.1, -0.05) is 12.1 Å². The van der Waals surface area contributed by atoms with Gasteiger partial charge in [-0.2, -0.15) is 0 Å². The molecule has 0 radical (unpaired) electrons. The lowest BCUT2D eigenvalue weighted by Crippen LogP contribution is -2.23. The van der Waals surface area contributed by atoms with E-state index in [0.717, 1.165) is 12.1 Å². The molecule has 76 valence electrons. The first-order valence-electron chi connectivity index (χ1n) is 4.54. The van der Waals surface area contributed by atoms with Crippen molar-refractivity contribution < 1.29 is 9.90 Å². The SMILES string of the molecule is CC(=O)CN(C)Cc1ccc(O)cc1. The van der Waals surface area contributed by atoms with E-state index in [-0.39, 0.29) is 11.5 Å². The monoisotopic (exact) mass is 193 g/mol. The number of benzene rings is 1. The minimum Gasteiger partial charge on any atom is -0.508 e. The van der Waals surface area contributed by atoms with Gasteiger partial charge in [0.2, 0.25) is 0 Å². The van der Waals surface area contributed by atoms with Crippen LogP contribution in [0.25, 0.3) is 0 Å². The summed E-state index contributed by atoms with van der Waals surface area (Å²) in [5.74, 6) is 0.425. The Bertz CT molecular complexity index is 306. The summed E-state index contributed by atoms with van der Waals surface area (Å²) in [5, 5.41) is 9.07. The molecule has 0 aliphatic heterocycles. The van der Waals surface area contributed by atoms with Crippen molar-refractivity contribution in [2.45, 2.75) is 13.5 Å². The van der Waals surface area contributed by atoms with Crippen LogP contribution in [0.15, 0.2) is 24.3 Å². The summed E-state index contributed by atoms with van der Waals surface area (Å²) >= 11 is 0. The molecule has 0 aliphatic carbocycles. The Morgan fingerprint density at radius 2 is 1.93 bits per heavy atom. The quantitative estimate of drug-likeness (QED) is 0.786. The minimum absolute atomic E-state index is 0.159. The molecule has 0 aliphatic rings. The maximum absolute atomic E-state index is 10.8. The molecule has 0 saturated carbocycles. The van der Waals surface area contributed by atoms with Crippen LogP contribution in [0.2, 0.25) is 0 Å². The zero-order chi connectivity index (χ0) is 10.6. The van der Waals surface area contributed by atoms with Crippen LogP contribution in [0.3, 0.4) is 0 Å². The highest BCUT2D eigenvalue weighted by atomic mass is 16.3. The molecule has 0 unspecified atom stereocenters. The first-order valence-corrected chi connectivity index (χ1v) is 4.54. The second-order valence-electron chi connectivity index (χ2n) is 3.54. The molecule has 0 aromatic heterocycles. The number of ketones is 1. The second-order valence-corrected chi connectivity index (χ2v) is 3.54. The molecule has 0 amide bonds. The van der Waals surface area contributed by atoms with Crippen molar-refractivity contribution in [3.05, 3.63) is 29.8 Å². The summed E-state index contributed by atoms with van der Waals surface area (Å²) in [7, 11) is 1.90. The van der Waals surface area contributed by atoms with Crippen LogP contribution < -0.4 is 0 Å². The molecule has 1 aromatic carbocycles. The molecule has 0 saturated heterocycles. The average molecular weight is 193 g/mol. The molecular formula is C11H15NO2. The van der Waals surface area contributed by atoms with E-state index in [1.807, 2.05) is 24.1 Å². The summed E-state index contributed by atoms with van der Waals surface area (Å²) < 4.78 is 0. The second kappa shape index (κ2) is 4.77. The van der Waals surface area contributed by atoms with Gasteiger partial charge in [-0.3, -0.25) is 9.69 Å². The van der Waals surface area contributed by atoms with Crippen LogP contribution in [-0.2, 0) is 11.3 Å². The number of phenols is 1. The van der Waals surface area contributed by atoms with Crippen molar-refractivity contribution in [3.63, 3.8) is 0 Å². The van der Waals surface area contributed by atoms with Crippen molar-refractivity contribution in [2.24, 2.45) is 0 Å². The number of rotatable bonds is 4. The maximum Gasteiger partial charge on any atom is 0.143 e. The molecule has 3 heteroatoms. The van der Waals surface area contributed by atoms with E-state index < -0.39 is 0 Å². The number of carbonyl (C=O) groups is 1. The molecule has 1 aromatic rings. The number of nitrogens with zero attached hydrogens (tertiary/aromatic N) is 1. The fourth-order valence-electron chi connectivity index (χ4n) is 1.35. The highest BCUT2D eigenvalue weighted by Crippen LogP contribution is 2.10. The van der Waals surface area contributed by atoms with E-state index in [1.165, 1.54) is 0 Å². The predicted molar refractivity (Wildman–Crippen MR) is 55.1 cm³/mol. The Kier molecular flexibility index (Phi) is 3.65. The van der Waals surface area contributed by atoms with Crippen molar-refractivity contribution in [1.29, 1.82) is 0 Å². The van der Waals surface area contributed by atoms with Gasteiger partial charge in [-0.25, -0.2) is 0 Å². The van der Waals surface area contributed by atoms with Gasteiger partial charge in [0.25, 0.3) is 0 Å². The summed E-state index contributed by atoms with van der Waals surface area (Å²) in [6, 6.07) is 7.01. The topological polar surface area (TPSA) is 40.5 Å². The molecule has 0 fully saturated rings. The van der Waals surface area contributed by atoms with E-state index in [4.69, 9.17) is 5.11 Å². The number of likely N-dealkylation sites (N-methyl/N-ethyl adjacent to an activating group) is 1. The van der Waals surface area contributed by atoms with E-state index in [0.29, 0.717) is 6.54 Å². The lowest BCUT2D eigenvalue weighted by atomic mass is 10.2. The number of carbonyl (C=O) groups excluding carboxylic acids is 1. The van der Waals surface area contributed by atoms with Crippen molar-refractivity contribution in [3.8, 4) is 5.75 Å². The molecule has 1 N–H and O–H groups in total. The highest BCUT2D eigenvalue weighted by molar-refractivity contribution is 5.77. The van der Waals surface area contributed by atoms with Crippen LogP contribution in [0, 0.1) is 0 Å². The summed E-state index contributed by atoms with van der Waals surface area (Å²) in [6.45, 7) is 2.76. The Morgan fingerprint density at radius 3 is 2.43 bits per heavy atom. The van der Waals surface area contributed by atoms with Gasteiger partial charge in [-0.15, -0.1) is 0 Å². The number of hydrogen-bond donors (Lipinski definition) is 1. The molecule has 14 heavy (non-hydrogen) atoms. The largest absolute Gasteiger partial charge is 0.508 e. The predicted octanol–water partition coefficient (Wildman–Crippen LogP) is 1.41. The van der Waals surface area contributed by atoms with E-state index in [2.05, 4.69) is 0 Å². The zero-order valence-corrected chi connectivity index (χ0v) is 8.53. The first-order chi connectivity index (χ1) is 6.58. The first kappa shape index (κ1) is 10.7. The Morgan fingerprint density at radius 1 is 1.36 bits per heavy atom. The Balaban J connectivity index is 2.51. The van der Waals surface area contributed by atoms with Gasteiger partial charge in [0, 0.05) is 6.54 Å². The number of aromatic hydroxyl groups is 1. The lowest BCUT2D eigenvalue weighted by molar-refractivity contribution is -0.117. The van der Waals surface area contributed by atoms with Crippen molar-refractivity contribution >= 4 is 5.78 Å². The Hall–Kier alpha value is -1.35. The maximum atomic E-state index is 10.8. The summed E-state index contributed by atoms with van der Waals surface area (Å²) in [6.07, 6.45) is 0. The van der Waals surface area contributed by atoms with Gasteiger partial charge in [0.15, 0.2) is 0 Å². The number of Topliss-reactive ketones (excluding diaryl/α,β-unsaturated/α-hetero) is 1. The fraction of sp³-hybridized carbons (Fsp3) is 0.364. The van der Waals surface area contributed by atoms with Crippen LogP contribution in [-0.4, -0.2) is 29.4 Å². The normalized spacial score (nSPS) is 10.5. The molecular weight excluding hydrogens is 178 g/mol. The molecule has 1 rings (SSSR count). The van der Waals surface area contributed by atoms with E-state index >= 15 is 0 Å². The van der Waals surface area contributed by atoms with Gasteiger partial charge < -0.3 is 5.11 Å². The third-order valence-corrected chi connectivity index (χ3v) is 1.88. The van der Waals surface area contributed by atoms with Crippen LogP contribution in [0.1, 0.15) is 12.5 Å². The number of phenolic OH excluding ortho intramolecular Hbond substituents is 1. The van der Waals surface area contributed by atoms with Gasteiger partial charge in [0.1, 0.15) is 11.5 Å². The smallest absolute Gasteiger partial charge is 0.143 e. The zero-order valence-electron chi connectivity index (χ0n) is 8.53. The van der Waals surface area contributed by atoms with Crippen molar-refractivity contribution in [2.75, 3.05) is 13.6 Å². The van der Waals surface area contributed by atoms with Gasteiger partial charge in [0.05, 0.1) is 6.54 Å².